The van der Waals surface area contributed by atoms with Crippen molar-refractivity contribution in [1.29, 1.82) is 0 Å². The quantitative estimate of drug-likeness (QED) is 0.233. The van der Waals surface area contributed by atoms with Gasteiger partial charge in [0.25, 0.3) is 5.91 Å². The molecule has 4 rings (SSSR count). The number of carbonyl (C=O) groups is 2. The largest absolute Gasteiger partial charge is 0.416 e. The molecule has 222 valence electrons. The summed E-state index contributed by atoms with van der Waals surface area (Å²) in [6.07, 6.45) is 0.387. The van der Waals surface area contributed by atoms with Crippen molar-refractivity contribution in [3.8, 4) is 0 Å². The Morgan fingerprint density at radius 2 is 1.88 bits per heavy atom. The van der Waals surface area contributed by atoms with Gasteiger partial charge in [-0.3, -0.25) is 9.59 Å². The van der Waals surface area contributed by atoms with Crippen molar-refractivity contribution < 1.29 is 32.6 Å². The lowest BCUT2D eigenvalue weighted by atomic mass is 9.97. The molecule has 0 saturated heterocycles. The summed E-state index contributed by atoms with van der Waals surface area (Å²) in [6, 6.07) is 13.4. The average molecular weight is 603 g/mol. The molecule has 0 fully saturated rings. The molecule has 1 aromatic heterocycles. The van der Waals surface area contributed by atoms with E-state index in [-0.39, 0.29) is 18.8 Å². The number of amides is 2. The molecule has 12 heteroatoms. The number of benzene rings is 2. The predicted molar refractivity (Wildman–Crippen MR) is 158 cm³/mol. The molecule has 8 nitrogen and oxygen atoms in total. The SMILES string of the molecule is COCCN(C)c1ccc(/C(=C\C=C\C(=O)Nc2cccc3c2CC(O)C(=O)N3)c2ccc(C(F)(F)F)cc2)cn1.Cl. The summed E-state index contributed by atoms with van der Waals surface area (Å²) in [5.41, 5.74) is 2.49. The van der Waals surface area contributed by atoms with Gasteiger partial charge < -0.3 is 25.4 Å². The summed E-state index contributed by atoms with van der Waals surface area (Å²) in [5, 5.41) is 15.3. The van der Waals surface area contributed by atoms with Crippen LogP contribution in [0.15, 0.2) is 79.0 Å². The van der Waals surface area contributed by atoms with E-state index in [9.17, 15) is 27.9 Å². The molecule has 3 aromatic rings. The molecule has 0 spiro atoms. The lowest BCUT2D eigenvalue weighted by Gasteiger charge is -2.23. The molecule has 1 unspecified atom stereocenters. The Morgan fingerprint density at radius 1 is 1.17 bits per heavy atom. The van der Waals surface area contributed by atoms with Gasteiger partial charge >= 0.3 is 6.18 Å². The Kier molecular flexibility index (Phi) is 10.9. The van der Waals surface area contributed by atoms with Crippen molar-refractivity contribution >= 4 is 47.0 Å². The van der Waals surface area contributed by atoms with Crippen molar-refractivity contribution in [2.24, 2.45) is 0 Å². The molecule has 0 radical (unpaired) electrons. The summed E-state index contributed by atoms with van der Waals surface area (Å²) >= 11 is 0. The number of aromatic nitrogens is 1. The van der Waals surface area contributed by atoms with E-state index in [1.807, 2.05) is 11.9 Å². The lowest BCUT2D eigenvalue weighted by molar-refractivity contribution is -0.137. The van der Waals surface area contributed by atoms with Gasteiger partial charge in [-0.2, -0.15) is 13.2 Å². The van der Waals surface area contributed by atoms with Crippen LogP contribution in [-0.4, -0.2) is 55.3 Å². The van der Waals surface area contributed by atoms with Gasteiger partial charge in [-0.05, 0) is 47.5 Å². The van der Waals surface area contributed by atoms with E-state index in [1.165, 1.54) is 24.3 Å². The van der Waals surface area contributed by atoms with Crippen LogP contribution in [0.2, 0.25) is 0 Å². The number of aliphatic hydroxyl groups is 1. The number of fused-ring (bicyclic) bond motifs is 1. The number of nitrogens with one attached hydrogen (secondary N) is 2. The monoisotopic (exact) mass is 602 g/mol. The zero-order valence-electron chi connectivity index (χ0n) is 22.8. The third-order valence-electron chi connectivity index (χ3n) is 6.51. The van der Waals surface area contributed by atoms with E-state index in [4.69, 9.17) is 4.74 Å². The fourth-order valence-electron chi connectivity index (χ4n) is 4.26. The third-order valence-corrected chi connectivity index (χ3v) is 6.51. The van der Waals surface area contributed by atoms with Gasteiger partial charge in [0, 0.05) is 61.9 Å². The molecule has 2 aromatic carbocycles. The molecule has 1 aliphatic heterocycles. The third kappa shape index (κ3) is 7.96. The number of nitrogens with zero attached hydrogens (tertiary/aromatic N) is 2. The Morgan fingerprint density at radius 3 is 2.52 bits per heavy atom. The minimum absolute atomic E-state index is 0. The summed E-state index contributed by atoms with van der Waals surface area (Å²) < 4.78 is 44.5. The smallest absolute Gasteiger partial charge is 0.383 e. The van der Waals surface area contributed by atoms with E-state index in [0.29, 0.717) is 52.6 Å². The van der Waals surface area contributed by atoms with E-state index < -0.39 is 29.7 Å². The van der Waals surface area contributed by atoms with E-state index in [1.54, 1.807) is 49.7 Å². The first kappa shape index (κ1) is 32.3. The van der Waals surface area contributed by atoms with Crippen LogP contribution in [0.4, 0.5) is 30.4 Å². The molecule has 1 atom stereocenters. The summed E-state index contributed by atoms with van der Waals surface area (Å²) in [7, 11) is 3.48. The Balaban J connectivity index is 0.00000484. The first-order chi connectivity index (χ1) is 19.6. The van der Waals surface area contributed by atoms with Gasteiger partial charge in [0.2, 0.25) is 5.91 Å². The van der Waals surface area contributed by atoms with Crippen molar-refractivity contribution in [2.75, 3.05) is 42.8 Å². The Hall–Kier alpha value is -4.19. The van der Waals surface area contributed by atoms with Crippen molar-refractivity contribution in [1.82, 2.24) is 4.98 Å². The Bertz CT molecular complexity index is 1460. The second kappa shape index (κ2) is 14.1. The van der Waals surface area contributed by atoms with E-state index >= 15 is 0 Å². The van der Waals surface area contributed by atoms with Gasteiger partial charge in [0.1, 0.15) is 11.9 Å². The van der Waals surface area contributed by atoms with Crippen LogP contribution in [-0.2, 0) is 26.9 Å². The number of alkyl halides is 3. The summed E-state index contributed by atoms with van der Waals surface area (Å²) in [4.78, 5) is 30.9. The van der Waals surface area contributed by atoms with Crippen LogP contribution in [0.5, 0.6) is 0 Å². The normalized spacial score (nSPS) is 15.0. The number of allylic oxidation sites excluding steroid dienone is 2. The standard InChI is InChI=1S/C30H29F3N4O4.ClH/c1-37(15-16-41-2)27-14-11-20(18-34-27)22(19-9-12-21(13-10-19)30(31,32)33)5-3-8-28(39)35-24-6-4-7-25-23(24)17-26(38)29(40)36-25;/h3-14,18,26,38H,15-17H2,1-2H3,(H,35,39)(H,36,40);1H/b8-3+,22-5-;. The predicted octanol–water partition coefficient (Wildman–Crippen LogP) is 5.09. The number of likely N-dealkylation sites (N-methyl/N-ethyl adjacent to an activating group) is 1. The van der Waals surface area contributed by atoms with Gasteiger partial charge in [-0.15, -0.1) is 12.4 Å². The number of anilines is 3. The second-order valence-corrected chi connectivity index (χ2v) is 9.36. The van der Waals surface area contributed by atoms with Crippen LogP contribution in [0.1, 0.15) is 22.3 Å². The number of methoxy groups -OCH3 is 1. The highest BCUT2D eigenvalue weighted by molar-refractivity contribution is 6.03. The maximum Gasteiger partial charge on any atom is 0.416 e. The van der Waals surface area contributed by atoms with Crippen molar-refractivity contribution in [2.45, 2.75) is 18.7 Å². The van der Waals surface area contributed by atoms with Crippen LogP contribution in [0, 0.1) is 0 Å². The van der Waals surface area contributed by atoms with Gasteiger partial charge in [0.05, 0.1) is 12.2 Å². The van der Waals surface area contributed by atoms with Crippen molar-refractivity contribution in [3.63, 3.8) is 0 Å². The number of rotatable bonds is 9. The number of pyridine rings is 1. The van der Waals surface area contributed by atoms with E-state index in [0.717, 1.165) is 12.1 Å². The van der Waals surface area contributed by atoms with Gasteiger partial charge in [-0.25, -0.2) is 4.98 Å². The fraction of sp³-hybridized carbons (Fsp3) is 0.233. The number of hydrogen-bond donors (Lipinski definition) is 3. The van der Waals surface area contributed by atoms with Crippen molar-refractivity contribution in [3.05, 3.63) is 101 Å². The topological polar surface area (TPSA) is 104 Å². The summed E-state index contributed by atoms with van der Waals surface area (Å²) in [5.74, 6) is -0.285. The number of hydrogen-bond acceptors (Lipinski definition) is 6. The number of carbonyl (C=O) groups excluding carboxylic acids is 2. The highest BCUT2D eigenvalue weighted by Crippen LogP contribution is 2.32. The highest BCUT2D eigenvalue weighted by Gasteiger charge is 2.30. The van der Waals surface area contributed by atoms with E-state index in [2.05, 4.69) is 15.6 Å². The van der Waals surface area contributed by atoms with Crippen LogP contribution >= 0.6 is 12.4 Å². The molecule has 42 heavy (non-hydrogen) atoms. The minimum Gasteiger partial charge on any atom is -0.383 e. The molecule has 3 N–H and O–H groups in total. The minimum atomic E-state index is -4.47. The lowest BCUT2D eigenvalue weighted by Crippen LogP contribution is -2.34. The molecule has 0 bridgehead atoms. The number of aliphatic hydroxyl groups excluding tert-OH is 1. The zero-order valence-corrected chi connectivity index (χ0v) is 23.6. The Labute approximate surface area is 247 Å². The molecule has 2 amide bonds. The van der Waals surface area contributed by atoms with Crippen LogP contribution in [0.25, 0.3) is 5.57 Å². The molecular weight excluding hydrogens is 573 g/mol. The fourth-order valence-corrected chi connectivity index (χ4v) is 4.26. The van der Waals surface area contributed by atoms with Gasteiger partial charge in [-0.1, -0.05) is 30.4 Å². The van der Waals surface area contributed by atoms with Crippen LogP contribution < -0.4 is 15.5 Å². The zero-order chi connectivity index (χ0) is 29.6. The number of ether oxygens (including phenoxy) is 1. The molecule has 0 aliphatic carbocycles. The molecule has 2 heterocycles. The molecular formula is C30H30ClF3N4O4. The molecule has 0 saturated carbocycles. The maximum atomic E-state index is 13.1. The maximum absolute atomic E-state index is 13.1. The summed E-state index contributed by atoms with van der Waals surface area (Å²) in [6.45, 7) is 1.14. The van der Waals surface area contributed by atoms with Gasteiger partial charge in [0.15, 0.2) is 0 Å². The first-order valence-electron chi connectivity index (χ1n) is 12.7. The number of halogens is 4. The average Bonchev–Trinajstić information content (AvgIpc) is 2.95. The molecule has 1 aliphatic rings. The second-order valence-electron chi connectivity index (χ2n) is 9.36. The highest BCUT2D eigenvalue weighted by atomic mass is 35.5. The first-order valence-corrected chi connectivity index (χ1v) is 12.7. The van der Waals surface area contributed by atoms with Crippen LogP contribution in [0.3, 0.4) is 0 Å².